The summed E-state index contributed by atoms with van der Waals surface area (Å²) in [4.78, 5) is 22.8. The molecule has 1 unspecified atom stereocenters. The SMILES string of the molecule is O=C1CCOC(c2cccc(Br)c2)C(=O)N1. The number of halogens is 1. The van der Waals surface area contributed by atoms with Crippen LogP contribution in [0.25, 0.3) is 0 Å². The Balaban J connectivity index is 2.25. The number of nitrogens with one attached hydrogen (secondary N) is 1. The molecule has 0 aliphatic carbocycles. The summed E-state index contributed by atoms with van der Waals surface area (Å²) in [6, 6.07) is 7.29. The van der Waals surface area contributed by atoms with Gasteiger partial charge in [0.15, 0.2) is 6.10 Å². The lowest BCUT2D eigenvalue weighted by Crippen LogP contribution is -2.32. The van der Waals surface area contributed by atoms with Crippen LogP contribution in [-0.2, 0) is 14.3 Å². The van der Waals surface area contributed by atoms with E-state index in [0.717, 1.165) is 10.0 Å². The molecule has 0 aromatic heterocycles. The van der Waals surface area contributed by atoms with Crippen molar-refractivity contribution in [1.82, 2.24) is 5.32 Å². The van der Waals surface area contributed by atoms with Crippen molar-refractivity contribution in [3.8, 4) is 0 Å². The zero-order chi connectivity index (χ0) is 11.5. The topological polar surface area (TPSA) is 55.4 Å². The standard InChI is InChI=1S/C11H10BrNO3/c12-8-3-1-2-7(6-8)10-11(15)13-9(14)4-5-16-10/h1-3,6,10H,4-5H2,(H,13,14,15). The van der Waals surface area contributed by atoms with Crippen molar-refractivity contribution < 1.29 is 14.3 Å². The number of amides is 2. The highest BCUT2D eigenvalue weighted by molar-refractivity contribution is 9.10. The van der Waals surface area contributed by atoms with Crippen molar-refractivity contribution >= 4 is 27.7 Å². The first-order valence-corrected chi connectivity index (χ1v) is 5.67. The third-order valence-electron chi connectivity index (χ3n) is 2.27. The predicted octanol–water partition coefficient (Wildman–Crippen LogP) is 1.55. The lowest BCUT2D eigenvalue weighted by Gasteiger charge is -2.13. The second kappa shape index (κ2) is 4.76. The van der Waals surface area contributed by atoms with E-state index >= 15 is 0 Å². The molecule has 5 heteroatoms. The van der Waals surface area contributed by atoms with E-state index < -0.39 is 12.0 Å². The molecular formula is C11H10BrNO3. The van der Waals surface area contributed by atoms with E-state index in [9.17, 15) is 9.59 Å². The molecule has 16 heavy (non-hydrogen) atoms. The van der Waals surface area contributed by atoms with Crippen LogP contribution in [-0.4, -0.2) is 18.4 Å². The molecule has 1 aliphatic heterocycles. The molecule has 1 atom stereocenters. The summed E-state index contributed by atoms with van der Waals surface area (Å²) in [6.07, 6.45) is -0.486. The van der Waals surface area contributed by atoms with Gasteiger partial charge in [-0.05, 0) is 17.7 Å². The van der Waals surface area contributed by atoms with E-state index in [4.69, 9.17) is 4.74 Å². The van der Waals surface area contributed by atoms with E-state index in [1.807, 2.05) is 12.1 Å². The zero-order valence-electron chi connectivity index (χ0n) is 8.40. The fourth-order valence-corrected chi connectivity index (χ4v) is 1.94. The summed E-state index contributed by atoms with van der Waals surface area (Å²) in [5.41, 5.74) is 0.738. The van der Waals surface area contributed by atoms with Gasteiger partial charge in [0.2, 0.25) is 5.91 Å². The first-order valence-electron chi connectivity index (χ1n) is 4.87. The van der Waals surface area contributed by atoms with Gasteiger partial charge in [0.1, 0.15) is 0 Å². The third-order valence-corrected chi connectivity index (χ3v) is 2.76. The lowest BCUT2D eigenvalue weighted by molar-refractivity contribution is -0.134. The van der Waals surface area contributed by atoms with Crippen LogP contribution < -0.4 is 5.32 Å². The first-order chi connectivity index (χ1) is 7.66. The number of carbonyl (C=O) groups is 2. The van der Waals surface area contributed by atoms with Gasteiger partial charge in [-0.1, -0.05) is 28.1 Å². The Morgan fingerprint density at radius 1 is 1.38 bits per heavy atom. The zero-order valence-corrected chi connectivity index (χ0v) is 9.99. The third kappa shape index (κ3) is 2.48. The highest BCUT2D eigenvalue weighted by atomic mass is 79.9. The van der Waals surface area contributed by atoms with E-state index in [1.54, 1.807) is 12.1 Å². The van der Waals surface area contributed by atoms with Crippen LogP contribution in [0.1, 0.15) is 18.1 Å². The Bertz CT molecular complexity index is 433. The molecule has 1 saturated heterocycles. The Hall–Kier alpha value is -1.20. The average molecular weight is 284 g/mol. The molecular weight excluding hydrogens is 274 g/mol. The van der Waals surface area contributed by atoms with E-state index in [0.29, 0.717) is 0 Å². The van der Waals surface area contributed by atoms with E-state index in [-0.39, 0.29) is 18.9 Å². The normalized spacial score (nSPS) is 21.4. The summed E-state index contributed by atoms with van der Waals surface area (Å²) in [6.45, 7) is 0.259. The van der Waals surface area contributed by atoms with Crippen LogP contribution in [0.4, 0.5) is 0 Å². The van der Waals surface area contributed by atoms with Gasteiger partial charge >= 0.3 is 0 Å². The number of hydrogen-bond donors (Lipinski definition) is 1. The number of benzene rings is 1. The Kier molecular flexibility index (Phi) is 3.36. The minimum atomic E-state index is -0.705. The largest absolute Gasteiger partial charge is 0.363 e. The van der Waals surface area contributed by atoms with Crippen LogP contribution in [0.3, 0.4) is 0 Å². The molecule has 1 fully saturated rings. The van der Waals surface area contributed by atoms with Crippen molar-refractivity contribution in [2.45, 2.75) is 12.5 Å². The molecule has 1 aromatic carbocycles. The predicted molar refractivity (Wildman–Crippen MR) is 60.6 cm³/mol. The molecule has 0 spiro atoms. The van der Waals surface area contributed by atoms with Crippen LogP contribution >= 0.6 is 15.9 Å². The molecule has 0 bridgehead atoms. The second-order valence-corrected chi connectivity index (χ2v) is 4.38. The molecule has 4 nitrogen and oxygen atoms in total. The van der Waals surface area contributed by atoms with E-state index in [1.165, 1.54) is 0 Å². The van der Waals surface area contributed by atoms with Gasteiger partial charge in [0, 0.05) is 4.47 Å². The molecule has 0 radical (unpaired) electrons. The van der Waals surface area contributed by atoms with Crippen LogP contribution in [0.2, 0.25) is 0 Å². The fraction of sp³-hybridized carbons (Fsp3) is 0.273. The number of imide groups is 1. The molecule has 1 N–H and O–H groups in total. The first kappa shape index (κ1) is 11.3. The quantitative estimate of drug-likeness (QED) is 0.796. The Morgan fingerprint density at radius 2 is 2.19 bits per heavy atom. The summed E-state index contributed by atoms with van der Waals surface area (Å²) < 4.78 is 6.25. The van der Waals surface area contributed by atoms with Crippen LogP contribution in [0, 0.1) is 0 Å². The van der Waals surface area contributed by atoms with Crippen molar-refractivity contribution in [1.29, 1.82) is 0 Å². The van der Waals surface area contributed by atoms with Gasteiger partial charge in [-0.3, -0.25) is 14.9 Å². The van der Waals surface area contributed by atoms with Gasteiger partial charge in [-0.15, -0.1) is 0 Å². The van der Waals surface area contributed by atoms with Crippen molar-refractivity contribution in [3.05, 3.63) is 34.3 Å². The maximum atomic E-state index is 11.7. The molecule has 84 valence electrons. The summed E-state index contributed by atoms with van der Waals surface area (Å²) in [5, 5.41) is 2.29. The van der Waals surface area contributed by atoms with Crippen LogP contribution in [0.15, 0.2) is 28.7 Å². The van der Waals surface area contributed by atoms with Gasteiger partial charge < -0.3 is 4.74 Å². The Labute approximate surface area is 101 Å². The second-order valence-electron chi connectivity index (χ2n) is 3.47. The fourth-order valence-electron chi connectivity index (χ4n) is 1.53. The average Bonchev–Trinajstić information content (AvgIpc) is 2.39. The van der Waals surface area contributed by atoms with Gasteiger partial charge in [0.05, 0.1) is 13.0 Å². The minimum absolute atomic E-state index is 0.218. The van der Waals surface area contributed by atoms with Gasteiger partial charge in [-0.25, -0.2) is 0 Å². The number of ether oxygens (including phenoxy) is 1. The van der Waals surface area contributed by atoms with Gasteiger partial charge in [0.25, 0.3) is 5.91 Å². The molecule has 0 saturated carbocycles. The minimum Gasteiger partial charge on any atom is -0.363 e. The summed E-state index contributed by atoms with van der Waals surface area (Å²) >= 11 is 3.33. The maximum Gasteiger partial charge on any atom is 0.260 e. The summed E-state index contributed by atoms with van der Waals surface area (Å²) in [7, 11) is 0. The molecule has 2 rings (SSSR count). The van der Waals surface area contributed by atoms with Crippen molar-refractivity contribution in [2.75, 3.05) is 6.61 Å². The molecule has 1 heterocycles. The van der Waals surface area contributed by atoms with Crippen LogP contribution in [0.5, 0.6) is 0 Å². The molecule has 2 amide bonds. The number of hydrogen-bond acceptors (Lipinski definition) is 3. The highest BCUT2D eigenvalue weighted by Gasteiger charge is 2.26. The number of rotatable bonds is 1. The highest BCUT2D eigenvalue weighted by Crippen LogP contribution is 2.22. The van der Waals surface area contributed by atoms with Crippen molar-refractivity contribution in [3.63, 3.8) is 0 Å². The van der Waals surface area contributed by atoms with Gasteiger partial charge in [-0.2, -0.15) is 0 Å². The van der Waals surface area contributed by atoms with E-state index in [2.05, 4.69) is 21.2 Å². The smallest absolute Gasteiger partial charge is 0.260 e. The lowest BCUT2D eigenvalue weighted by atomic mass is 10.1. The molecule has 1 aliphatic rings. The summed E-state index contributed by atoms with van der Waals surface area (Å²) in [5.74, 6) is -0.692. The van der Waals surface area contributed by atoms with Crippen molar-refractivity contribution in [2.24, 2.45) is 0 Å². The monoisotopic (exact) mass is 283 g/mol. The number of carbonyl (C=O) groups excluding carboxylic acids is 2. The maximum absolute atomic E-state index is 11.7. The molecule has 1 aromatic rings. The Morgan fingerprint density at radius 3 is 2.94 bits per heavy atom.